The maximum Gasteiger partial charge on any atom is 0.405 e. The molecule has 1 saturated heterocycles. The van der Waals surface area contributed by atoms with Gasteiger partial charge in [-0.2, -0.15) is 0 Å². The van der Waals surface area contributed by atoms with E-state index in [2.05, 4.69) is 4.98 Å². The highest BCUT2D eigenvalue weighted by molar-refractivity contribution is 6.05. The van der Waals surface area contributed by atoms with Crippen LogP contribution < -0.4 is 5.73 Å². The summed E-state index contributed by atoms with van der Waals surface area (Å²) in [5, 5.41) is 0. The Labute approximate surface area is 209 Å². The Morgan fingerprint density at radius 2 is 1.92 bits per heavy atom. The number of hydrogen-bond donors (Lipinski definition) is 1. The zero-order valence-electron chi connectivity index (χ0n) is 20.8. The van der Waals surface area contributed by atoms with E-state index in [0.717, 1.165) is 38.2 Å². The molecule has 2 fully saturated rings. The molecule has 1 aromatic heterocycles. The highest BCUT2D eigenvalue weighted by Crippen LogP contribution is 2.46. The van der Waals surface area contributed by atoms with Gasteiger partial charge in [0, 0.05) is 25.1 Å². The van der Waals surface area contributed by atoms with Crippen molar-refractivity contribution in [1.29, 1.82) is 0 Å². The largest absolute Gasteiger partial charge is 0.434 e. The van der Waals surface area contributed by atoms with E-state index in [1.54, 1.807) is 11.8 Å². The molecular weight excluding hydrogens is 469 g/mol. The second-order valence-electron chi connectivity index (χ2n) is 9.75. The molecule has 1 aromatic carbocycles. The number of benzene rings is 1. The number of carbonyl (C=O) groups excluding carboxylic acids is 3. The van der Waals surface area contributed by atoms with Gasteiger partial charge in [-0.15, -0.1) is 0 Å². The summed E-state index contributed by atoms with van der Waals surface area (Å²) in [5.41, 5.74) is 4.01. The van der Waals surface area contributed by atoms with Gasteiger partial charge in [0.1, 0.15) is 11.3 Å². The number of halogens is 1. The molecule has 1 aliphatic heterocycles. The fraction of sp³-hybridized carbons (Fsp3) is 0.615. The van der Waals surface area contributed by atoms with Crippen molar-refractivity contribution >= 4 is 28.9 Å². The predicted octanol–water partition coefficient (Wildman–Crippen LogP) is 4.09. The van der Waals surface area contributed by atoms with Crippen molar-refractivity contribution in [3.05, 3.63) is 29.9 Å². The van der Waals surface area contributed by atoms with Gasteiger partial charge in [-0.05, 0) is 31.4 Å². The van der Waals surface area contributed by atoms with E-state index < -0.39 is 35.1 Å². The van der Waals surface area contributed by atoms with Crippen LogP contribution in [0.1, 0.15) is 63.1 Å². The molecule has 2 aromatic rings. The molecule has 0 bridgehead atoms. The second-order valence-corrected chi connectivity index (χ2v) is 9.75. The monoisotopic (exact) mass is 503 g/mol. The molecule has 1 saturated carbocycles. The maximum atomic E-state index is 14.4. The number of primary amides is 1. The van der Waals surface area contributed by atoms with Gasteiger partial charge >= 0.3 is 6.09 Å². The highest BCUT2D eigenvalue weighted by Gasteiger charge is 2.59. The van der Waals surface area contributed by atoms with Crippen LogP contribution in [0.2, 0.25) is 0 Å². The molecule has 196 valence electrons. The van der Waals surface area contributed by atoms with Crippen molar-refractivity contribution < 1.29 is 32.7 Å². The van der Waals surface area contributed by atoms with Crippen molar-refractivity contribution in [2.24, 2.45) is 23.5 Å². The lowest BCUT2D eigenvalue weighted by molar-refractivity contribution is -0.151. The van der Waals surface area contributed by atoms with Crippen LogP contribution in [-0.4, -0.2) is 59.6 Å². The number of hydrogen-bond acceptors (Lipinski definition) is 7. The van der Waals surface area contributed by atoms with Crippen molar-refractivity contribution in [2.45, 2.75) is 58.0 Å². The number of rotatable bonds is 8. The SMILES string of the molecule is CCC(C1CCCCC1)C(OC(N)=O)(C(=O)c1nc2cc(F)ccc2o1)C(C)C(=O)N1CCOCC1. The van der Waals surface area contributed by atoms with Gasteiger partial charge in [0.15, 0.2) is 11.2 Å². The second kappa shape index (κ2) is 10.9. The van der Waals surface area contributed by atoms with Crippen LogP contribution in [0, 0.1) is 23.6 Å². The van der Waals surface area contributed by atoms with Gasteiger partial charge in [-0.1, -0.05) is 39.0 Å². The minimum atomic E-state index is -1.93. The number of ketones is 1. The fourth-order valence-corrected chi connectivity index (χ4v) is 5.99. The topological polar surface area (TPSA) is 125 Å². The van der Waals surface area contributed by atoms with E-state index in [1.807, 2.05) is 6.92 Å². The molecule has 1 aliphatic carbocycles. The molecule has 2 heterocycles. The minimum Gasteiger partial charge on any atom is -0.434 e. The molecule has 0 radical (unpaired) electrons. The third-order valence-electron chi connectivity index (χ3n) is 7.71. The Kier molecular flexibility index (Phi) is 7.92. The van der Waals surface area contributed by atoms with Crippen molar-refractivity contribution in [3.8, 4) is 0 Å². The van der Waals surface area contributed by atoms with E-state index in [9.17, 15) is 18.8 Å². The number of Topliss-reactive ketones (excluding diaryl/α,β-unsaturated/α-hetero) is 1. The number of oxazole rings is 1. The van der Waals surface area contributed by atoms with Gasteiger partial charge in [0.2, 0.25) is 5.91 Å². The zero-order valence-corrected chi connectivity index (χ0v) is 20.8. The van der Waals surface area contributed by atoms with Crippen LogP contribution in [0.5, 0.6) is 0 Å². The van der Waals surface area contributed by atoms with Gasteiger partial charge in [0.05, 0.1) is 19.1 Å². The van der Waals surface area contributed by atoms with E-state index >= 15 is 0 Å². The van der Waals surface area contributed by atoms with Gasteiger partial charge in [-0.25, -0.2) is 14.2 Å². The number of nitrogens with zero attached hydrogens (tertiary/aromatic N) is 2. The summed E-state index contributed by atoms with van der Waals surface area (Å²) in [6, 6.07) is 3.75. The normalized spacial score (nSPS) is 20.5. The summed E-state index contributed by atoms with van der Waals surface area (Å²) >= 11 is 0. The van der Waals surface area contributed by atoms with Gasteiger partial charge in [-0.3, -0.25) is 9.59 Å². The first kappa shape index (κ1) is 26.1. The van der Waals surface area contributed by atoms with E-state index in [-0.39, 0.29) is 28.8 Å². The fourth-order valence-electron chi connectivity index (χ4n) is 5.99. The summed E-state index contributed by atoms with van der Waals surface area (Å²) in [4.78, 5) is 46.3. The number of morpholine rings is 1. The molecule has 10 heteroatoms. The zero-order chi connectivity index (χ0) is 25.9. The molecule has 36 heavy (non-hydrogen) atoms. The van der Waals surface area contributed by atoms with E-state index in [1.165, 1.54) is 12.1 Å². The molecule has 3 unspecified atom stereocenters. The summed E-state index contributed by atoms with van der Waals surface area (Å²) in [5.74, 6) is -3.45. The summed E-state index contributed by atoms with van der Waals surface area (Å²) in [6.07, 6.45) is 4.05. The Hall–Kier alpha value is -3.01. The minimum absolute atomic E-state index is 0.0359. The van der Waals surface area contributed by atoms with Crippen LogP contribution >= 0.6 is 0 Å². The number of aromatic nitrogens is 1. The predicted molar refractivity (Wildman–Crippen MR) is 129 cm³/mol. The Balaban J connectivity index is 1.85. The number of carbonyl (C=O) groups is 3. The van der Waals surface area contributed by atoms with Crippen molar-refractivity contribution in [2.75, 3.05) is 26.3 Å². The van der Waals surface area contributed by atoms with E-state index in [4.69, 9.17) is 19.6 Å². The van der Waals surface area contributed by atoms with E-state index in [0.29, 0.717) is 32.7 Å². The molecule has 2 aliphatic rings. The lowest BCUT2D eigenvalue weighted by Crippen LogP contribution is -2.61. The number of fused-ring (bicyclic) bond motifs is 1. The lowest BCUT2D eigenvalue weighted by atomic mass is 9.64. The summed E-state index contributed by atoms with van der Waals surface area (Å²) in [7, 11) is 0. The lowest BCUT2D eigenvalue weighted by Gasteiger charge is -2.46. The molecular formula is C26H34FN3O6. The maximum absolute atomic E-state index is 14.4. The number of nitrogens with two attached hydrogens (primary N) is 1. The van der Waals surface area contributed by atoms with Crippen LogP contribution in [0.4, 0.5) is 9.18 Å². The molecule has 9 nitrogen and oxygen atoms in total. The number of ether oxygens (including phenoxy) is 2. The smallest absolute Gasteiger partial charge is 0.405 e. The van der Waals surface area contributed by atoms with Crippen LogP contribution in [0.15, 0.2) is 22.6 Å². The first-order chi connectivity index (χ1) is 17.3. The van der Waals surface area contributed by atoms with Crippen molar-refractivity contribution in [3.63, 3.8) is 0 Å². The average molecular weight is 504 g/mol. The Bertz CT molecular complexity index is 1110. The van der Waals surface area contributed by atoms with Crippen LogP contribution in [0.3, 0.4) is 0 Å². The first-order valence-corrected chi connectivity index (χ1v) is 12.7. The summed E-state index contributed by atoms with van der Waals surface area (Å²) in [6.45, 7) is 5.02. The highest BCUT2D eigenvalue weighted by atomic mass is 19.1. The van der Waals surface area contributed by atoms with Gasteiger partial charge in [0.25, 0.3) is 11.7 Å². The third-order valence-corrected chi connectivity index (χ3v) is 7.71. The Morgan fingerprint density at radius 1 is 1.22 bits per heavy atom. The van der Waals surface area contributed by atoms with Crippen LogP contribution in [0.25, 0.3) is 11.1 Å². The Morgan fingerprint density at radius 3 is 2.56 bits per heavy atom. The molecule has 0 spiro atoms. The van der Waals surface area contributed by atoms with Gasteiger partial charge < -0.3 is 24.5 Å². The van der Waals surface area contributed by atoms with Crippen molar-refractivity contribution in [1.82, 2.24) is 9.88 Å². The molecule has 4 rings (SSSR count). The quantitative estimate of drug-likeness (QED) is 0.538. The van der Waals surface area contributed by atoms with Crippen LogP contribution in [-0.2, 0) is 14.3 Å². The molecule has 2 amide bonds. The first-order valence-electron chi connectivity index (χ1n) is 12.7. The molecule has 2 N–H and O–H groups in total. The summed E-state index contributed by atoms with van der Waals surface area (Å²) < 4.78 is 30.7. The standard InChI is InChI=1S/C26H34FN3O6/c1-3-19(17-7-5-4-6-8-17)26(36-25(28)33,16(2)24(32)30-11-13-34-14-12-30)22(31)23-29-20-15-18(27)9-10-21(20)35-23/h9-10,15-17,19H,3-8,11-14H2,1-2H3,(H2,28,33). The third kappa shape index (κ3) is 4.96. The average Bonchev–Trinajstić information content (AvgIpc) is 3.31. The molecule has 3 atom stereocenters. The number of amides is 2.